The number of benzene rings is 3. The number of anilines is 1. The van der Waals surface area contributed by atoms with E-state index in [9.17, 15) is 14.9 Å². The van der Waals surface area contributed by atoms with Gasteiger partial charge in [-0.05, 0) is 78.6 Å². The summed E-state index contributed by atoms with van der Waals surface area (Å²) in [7, 11) is 1.45. The van der Waals surface area contributed by atoms with Crippen LogP contribution in [0.25, 0.3) is 6.08 Å². The average molecular weight is 491 g/mol. The molecular formula is C27H23ClN2O5. The number of amides is 1. The minimum atomic E-state index is -1.01. The summed E-state index contributed by atoms with van der Waals surface area (Å²) < 4.78 is 11.2. The predicted molar refractivity (Wildman–Crippen MR) is 134 cm³/mol. The summed E-state index contributed by atoms with van der Waals surface area (Å²) >= 11 is 6.42. The molecule has 7 nitrogen and oxygen atoms in total. The number of nitrogens with zero attached hydrogens (tertiary/aromatic N) is 1. The van der Waals surface area contributed by atoms with E-state index in [1.807, 2.05) is 32.0 Å². The molecule has 0 saturated carbocycles. The number of hydrogen-bond acceptors (Lipinski definition) is 5. The third-order valence-corrected chi connectivity index (χ3v) is 5.56. The summed E-state index contributed by atoms with van der Waals surface area (Å²) in [6.07, 6.45) is 1.42. The summed E-state index contributed by atoms with van der Waals surface area (Å²) in [6, 6.07) is 16.9. The number of nitriles is 1. The highest BCUT2D eigenvalue weighted by Crippen LogP contribution is 2.37. The Bertz CT molecular complexity index is 1340. The Morgan fingerprint density at radius 1 is 1.09 bits per heavy atom. The lowest BCUT2D eigenvalue weighted by Gasteiger charge is -2.14. The molecule has 3 rings (SSSR count). The number of carbonyl (C=O) groups excluding carboxylic acids is 1. The van der Waals surface area contributed by atoms with Gasteiger partial charge in [0.25, 0.3) is 5.91 Å². The second-order valence-corrected chi connectivity index (χ2v) is 8.16. The van der Waals surface area contributed by atoms with Crippen LogP contribution in [0.1, 0.15) is 32.6 Å². The van der Waals surface area contributed by atoms with Gasteiger partial charge in [-0.25, -0.2) is 4.79 Å². The van der Waals surface area contributed by atoms with E-state index in [-0.39, 0.29) is 28.5 Å². The quantitative estimate of drug-likeness (QED) is 0.305. The van der Waals surface area contributed by atoms with Crippen LogP contribution in [0.15, 0.2) is 60.2 Å². The predicted octanol–water partition coefficient (Wildman–Crippen LogP) is 5.79. The highest BCUT2D eigenvalue weighted by Gasteiger charge is 2.15. The minimum absolute atomic E-state index is 0.103. The van der Waals surface area contributed by atoms with Crippen LogP contribution in [-0.4, -0.2) is 24.1 Å². The molecule has 0 saturated heterocycles. The smallest absolute Gasteiger partial charge is 0.335 e. The Labute approximate surface area is 208 Å². The maximum Gasteiger partial charge on any atom is 0.335 e. The van der Waals surface area contributed by atoms with E-state index in [1.165, 1.54) is 25.3 Å². The Hall–Kier alpha value is -4.28. The second kappa shape index (κ2) is 11.2. The van der Waals surface area contributed by atoms with Crippen LogP contribution >= 0.6 is 11.6 Å². The van der Waals surface area contributed by atoms with Crippen LogP contribution in [0.3, 0.4) is 0 Å². The van der Waals surface area contributed by atoms with Crippen LogP contribution in [0.4, 0.5) is 5.69 Å². The van der Waals surface area contributed by atoms with Crippen molar-refractivity contribution in [3.8, 4) is 17.6 Å². The largest absolute Gasteiger partial charge is 0.493 e. The number of methoxy groups -OCH3 is 1. The molecule has 8 heteroatoms. The normalized spacial score (nSPS) is 10.9. The molecule has 0 bridgehead atoms. The van der Waals surface area contributed by atoms with Crippen LogP contribution in [0, 0.1) is 25.2 Å². The van der Waals surface area contributed by atoms with Crippen LogP contribution in [0.2, 0.25) is 5.02 Å². The maximum atomic E-state index is 12.6. The second-order valence-electron chi connectivity index (χ2n) is 7.75. The van der Waals surface area contributed by atoms with Crippen molar-refractivity contribution < 1.29 is 24.2 Å². The van der Waals surface area contributed by atoms with Gasteiger partial charge in [0.15, 0.2) is 11.5 Å². The Morgan fingerprint density at radius 2 is 1.80 bits per heavy atom. The van der Waals surface area contributed by atoms with Crippen molar-refractivity contribution >= 4 is 35.2 Å². The third-order valence-electron chi connectivity index (χ3n) is 5.28. The molecule has 0 atom stereocenters. The number of ether oxygens (including phenoxy) is 2. The van der Waals surface area contributed by atoms with E-state index in [2.05, 4.69) is 5.32 Å². The average Bonchev–Trinajstić information content (AvgIpc) is 2.84. The number of aromatic carboxylic acids is 1. The van der Waals surface area contributed by atoms with Gasteiger partial charge in [-0.3, -0.25) is 4.79 Å². The van der Waals surface area contributed by atoms with Crippen molar-refractivity contribution in [3.05, 3.63) is 93.0 Å². The van der Waals surface area contributed by atoms with Crippen molar-refractivity contribution in [2.75, 3.05) is 12.4 Å². The number of carboxylic acid groups (broad SMARTS) is 1. The van der Waals surface area contributed by atoms with Gasteiger partial charge >= 0.3 is 5.97 Å². The first kappa shape index (κ1) is 25.3. The van der Waals surface area contributed by atoms with E-state index < -0.39 is 11.9 Å². The number of halogens is 1. The van der Waals surface area contributed by atoms with Gasteiger partial charge in [-0.2, -0.15) is 5.26 Å². The van der Waals surface area contributed by atoms with Gasteiger partial charge < -0.3 is 19.9 Å². The zero-order valence-electron chi connectivity index (χ0n) is 19.4. The molecule has 2 N–H and O–H groups in total. The SMILES string of the molecule is COc1cc(/C=C(\C#N)C(=O)Nc2ccc(C)c(C)c2)cc(Cl)c1OCc1ccc(C(=O)O)cc1. The van der Waals surface area contributed by atoms with E-state index in [1.54, 1.807) is 30.3 Å². The number of hydrogen-bond donors (Lipinski definition) is 2. The standard InChI is InChI=1S/C27H23ClN2O5/c1-16-4-9-22(10-17(16)2)30-26(31)21(14-29)11-19-12-23(28)25(24(13-19)34-3)35-15-18-5-7-20(8-6-18)27(32)33/h4-13H,15H2,1-3H3,(H,30,31)(H,32,33)/b21-11+. The molecule has 1 amide bonds. The molecule has 3 aromatic carbocycles. The van der Waals surface area contributed by atoms with E-state index in [0.717, 1.165) is 16.7 Å². The molecule has 0 aliphatic heterocycles. The van der Waals surface area contributed by atoms with E-state index in [4.69, 9.17) is 26.2 Å². The number of nitrogens with one attached hydrogen (secondary N) is 1. The molecule has 0 aliphatic rings. The first-order chi connectivity index (χ1) is 16.7. The molecular weight excluding hydrogens is 468 g/mol. The summed E-state index contributed by atoms with van der Waals surface area (Å²) in [5.74, 6) is -0.953. The van der Waals surface area contributed by atoms with Crippen LogP contribution in [-0.2, 0) is 11.4 Å². The molecule has 0 radical (unpaired) electrons. The number of rotatable bonds is 8. The van der Waals surface area contributed by atoms with E-state index in [0.29, 0.717) is 17.0 Å². The number of carbonyl (C=O) groups is 2. The van der Waals surface area contributed by atoms with Crippen molar-refractivity contribution in [1.82, 2.24) is 0 Å². The zero-order valence-corrected chi connectivity index (χ0v) is 20.1. The lowest BCUT2D eigenvalue weighted by molar-refractivity contribution is -0.112. The van der Waals surface area contributed by atoms with Crippen LogP contribution in [0.5, 0.6) is 11.5 Å². The Balaban J connectivity index is 1.79. The van der Waals surface area contributed by atoms with Crippen LogP contribution < -0.4 is 14.8 Å². The number of aryl methyl sites for hydroxylation is 2. The molecule has 0 aromatic heterocycles. The molecule has 0 fully saturated rings. The Kier molecular flexibility index (Phi) is 8.13. The van der Waals surface area contributed by atoms with Crippen molar-refractivity contribution in [2.24, 2.45) is 0 Å². The summed E-state index contributed by atoms with van der Waals surface area (Å²) in [4.78, 5) is 23.6. The Morgan fingerprint density at radius 3 is 2.40 bits per heavy atom. The van der Waals surface area contributed by atoms with E-state index >= 15 is 0 Å². The van der Waals surface area contributed by atoms with Gasteiger partial charge in [-0.1, -0.05) is 29.8 Å². The van der Waals surface area contributed by atoms with Gasteiger partial charge in [-0.15, -0.1) is 0 Å². The minimum Gasteiger partial charge on any atom is -0.493 e. The first-order valence-corrected chi connectivity index (χ1v) is 10.9. The highest BCUT2D eigenvalue weighted by molar-refractivity contribution is 6.32. The first-order valence-electron chi connectivity index (χ1n) is 10.5. The summed E-state index contributed by atoms with van der Waals surface area (Å²) in [5, 5.41) is 21.5. The maximum absolute atomic E-state index is 12.6. The summed E-state index contributed by atoms with van der Waals surface area (Å²) in [5.41, 5.74) is 4.01. The van der Waals surface area contributed by atoms with Crippen molar-refractivity contribution in [2.45, 2.75) is 20.5 Å². The monoisotopic (exact) mass is 490 g/mol. The third kappa shape index (κ3) is 6.40. The zero-order chi connectivity index (χ0) is 25.5. The lowest BCUT2D eigenvalue weighted by atomic mass is 10.1. The number of carboxylic acids is 1. The molecule has 178 valence electrons. The molecule has 35 heavy (non-hydrogen) atoms. The molecule has 0 spiro atoms. The highest BCUT2D eigenvalue weighted by atomic mass is 35.5. The fourth-order valence-corrected chi connectivity index (χ4v) is 3.47. The molecule has 3 aromatic rings. The van der Waals surface area contributed by atoms with Crippen molar-refractivity contribution in [1.29, 1.82) is 5.26 Å². The molecule has 0 unspecified atom stereocenters. The summed E-state index contributed by atoms with van der Waals surface area (Å²) in [6.45, 7) is 4.04. The van der Waals surface area contributed by atoms with Gasteiger partial charge in [0.05, 0.1) is 17.7 Å². The van der Waals surface area contributed by atoms with Gasteiger partial charge in [0.1, 0.15) is 18.2 Å². The van der Waals surface area contributed by atoms with Crippen molar-refractivity contribution in [3.63, 3.8) is 0 Å². The van der Waals surface area contributed by atoms with Gasteiger partial charge in [0, 0.05) is 5.69 Å². The van der Waals surface area contributed by atoms with Gasteiger partial charge in [0.2, 0.25) is 0 Å². The molecule has 0 aliphatic carbocycles. The topological polar surface area (TPSA) is 109 Å². The lowest BCUT2D eigenvalue weighted by Crippen LogP contribution is -2.13. The fourth-order valence-electron chi connectivity index (χ4n) is 3.20. The molecule has 0 heterocycles. The fraction of sp³-hybridized carbons (Fsp3) is 0.148.